The molecule has 0 heteroatoms. The van der Waals surface area contributed by atoms with E-state index in [-0.39, 0.29) is 5.41 Å². The Morgan fingerprint density at radius 3 is 2.75 bits per heavy atom. The van der Waals surface area contributed by atoms with Gasteiger partial charge in [0.2, 0.25) is 0 Å². The molecule has 0 amide bonds. The normalized spacial score (nSPS) is 16.6. The first kappa shape index (κ1) is 11.0. The fourth-order valence-corrected chi connectivity index (χ4v) is 2.37. The Morgan fingerprint density at radius 1 is 1.38 bits per heavy atom. The molecular formula is C16H18. The van der Waals surface area contributed by atoms with E-state index in [0.29, 0.717) is 0 Å². The molecule has 1 aliphatic rings. The van der Waals surface area contributed by atoms with Crippen molar-refractivity contribution in [1.82, 2.24) is 0 Å². The molecule has 82 valence electrons. The van der Waals surface area contributed by atoms with Crippen LogP contribution in [0.4, 0.5) is 0 Å². The summed E-state index contributed by atoms with van der Waals surface area (Å²) < 4.78 is 0. The van der Waals surface area contributed by atoms with E-state index >= 15 is 0 Å². The van der Waals surface area contributed by atoms with E-state index in [9.17, 15) is 0 Å². The van der Waals surface area contributed by atoms with Crippen LogP contribution < -0.4 is 0 Å². The minimum atomic E-state index is 0.236. The van der Waals surface area contributed by atoms with Crippen molar-refractivity contribution in [3.8, 4) is 0 Å². The van der Waals surface area contributed by atoms with Gasteiger partial charge in [0, 0.05) is 5.57 Å². The van der Waals surface area contributed by atoms with Gasteiger partial charge in [-0.15, -0.1) is 5.73 Å². The van der Waals surface area contributed by atoms with Crippen LogP contribution in [0.15, 0.2) is 48.2 Å². The molecule has 0 nitrogen and oxygen atoms in total. The van der Waals surface area contributed by atoms with Gasteiger partial charge in [-0.3, -0.25) is 0 Å². The molecule has 0 N–H and O–H groups in total. The molecule has 0 spiro atoms. The topological polar surface area (TPSA) is 0 Å². The van der Waals surface area contributed by atoms with E-state index in [1.165, 1.54) is 16.7 Å². The van der Waals surface area contributed by atoms with Crippen molar-refractivity contribution >= 4 is 5.57 Å². The Morgan fingerprint density at radius 2 is 2.06 bits per heavy atom. The average Bonchev–Trinajstić information content (AvgIpc) is 2.51. The van der Waals surface area contributed by atoms with Crippen molar-refractivity contribution in [3.63, 3.8) is 0 Å². The fraction of sp³-hybridized carbons (Fsp3) is 0.312. The van der Waals surface area contributed by atoms with E-state index < -0.39 is 0 Å². The Balaban J connectivity index is 2.66. The molecular weight excluding hydrogens is 192 g/mol. The summed E-state index contributed by atoms with van der Waals surface area (Å²) in [4.78, 5) is 0. The van der Waals surface area contributed by atoms with E-state index in [0.717, 1.165) is 12.0 Å². The van der Waals surface area contributed by atoms with Gasteiger partial charge in [0.15, 0.2) is 0 Å². The third-order valence-corrected chi connectivity index (χ3v) is 3.25. The van der Waals surface area contributed by atoms with Crippen molar-refractivity contribution in [2.24, 2.45) is 0 Å². The van der Waals surface area contributed by atoms with E-state index in [1.807, 2.05) is 13.0 Å². The van der Waals surface area contributed by atoms with E-state index in [4.69, 9.17) is 0 Å². The molecule has 16 heavy (non-hydrogen) atoms. The predicted octanol–water partition coefficient (Wildman–Crippen LogP) is 4.48. The first-order valence-electron chi connectivity index (χ1n) is 5.73. The van der Waals surface area contributed by atoms with Crippen molar-refractivity contribution in [2.45, 2.75) is 32.6 Å². The quantitative estimate of drug-likeness (QED) is 0.473. The lowest BCUT2D eigenvalue weighted by atomic mass is 9.86. The zero-order chi connectivity index (χ0) is 11.8. The minimum absolute atomic E-state index is 0.236. The summed E-state index contributed by atoms with van der Waals surface area (Å²) in [5, 5.41) is 0. The smallest absolute Gasteiger partial charge is 0.00264 e. The van der Waals surface area contributed by atoms with Gasteiger partial charge in [0.05, 0.1) is 0 Å². The van der Waals surface area contributed by atoms with Crippen LogP contribution in [0.1, 0.15) is 38.3 Å². The van der Waals surface area contributed by atoms with Crippen molar-refractivity contribution in [3.05, 3.63) is 59.4 Å². The first-order valence-corrected chi connectivity index (χ1v) is 5.73. The minimum Gasteiger partial charge on any atom is -0.113 e. The zero-order valence-corrected chi connectivity index (χ0v) is 10.3. The monoisotopic (exact) mass is 210 g/mol. The van der Waals surface area contributed by atoms with Gasteiger partial charge in [-0.05, 0) is 35.5 Å². The number of hydrogen-bond acceptors (Lipinski definition) is 0. The van der Waals surface area contributed by atoms with Crippen molar-refractivity contribution < 1.29 is 0 Å². The third kappa shape index (κ3) is 1.77. The maximum atomic E-state index is 3.78. The van der Waals surface area contributed by atoms with Gasteiger partial charge < -0.3 is 0 Å². The zero-order valence-electron chi connectivity index (χ0n) is 10.3. The molecule has 1 aromatic carbocycles. The maximum absolute atomic E-state index is 3.78. The van der Waals surface area contributed by atoms with Gasteiger partial charge in [-0.2, -0.15) is 0 Å². The second-order valence-corrected chi connectivity index (χ2v) is 5.10. The summed E-state index contributed by atoms with van der Waals surface area (Å²) in [5.41, 5.74) is 8.92. The lowest BCUT2D eigenvalue weighted by Crippen LogP contribution is -2.11. The summed E-state index contributed by atoms with van der Waals surface area (Å²) in [6, 6.07) is 8.65. The van der Waals surface area contributed by atoms with Crippen LogP contribution in [-0.2, 0) is 5.41 Å². The predicted molar refractivity (Wildman–Crippen MR) is 70.4 cm³/mol. The van der Waals surface area contributed by atoms with Gasteiger partial charge in [-0.25, -0.2) is 0 Å². The second-order valence-electron chi connectivity index (χ2n) is 5.10. The van der Waals surface area contributed by atoms with Crippen LogP contribution in [-0.4, -0.2) is 0 Å². The van der Waals surface area contributed by atoms with E-state index in [1.54, 1.807) is 0 Å². The van der Waals surface area contributed by atoms with E-state index in [2.05, 4.69) is 50.4 Å². The number of allylic oxidation sites excluding steroid dienone is 2. The average molecular weight is 210 g/mol. The van der Waals surface area contributed by atoms with Gasteiger partial charge in [0.1, 0.15) is 0 Å². The highest BCUT2D eigenvalue weighted by molar-refractivity contribution is 5.75. The molecule has 0 bridgehead atoms. The highest BCUT2D eigenvalue weighted by atomic mass is 14.4. The Hall–Kier alpha value is -1.52. The van der Waals surface area contributed by atoms with Crippen LogP contribution >= 0.6 is 0 Å². The Kier molecular flexibility index (Phi) is 2.61. The van der Waals surface area contributed by atoms with Gasteiger partial charge >= 0.3 is 0 Å². The number of fused-ring (bicyclic) bond motifs is 1. The molecule has 0 saturated heterocycles. The Bertz CT molecular complexity index is 495. The van der Waals surface area contributed by atoms with Crippen LogP contribution in [0.25, 0.3) is 5.57 Å². The summed E-state index contributed by atoms with van der Waals surface area (Å²) >= 11 is 0. The van der Waals surface area contributed by atoms with Gasteiger partial charge in [-0.1, -0.05) is 50.8 Å². The fourth-order valence-electron chi connectivity index (χ4n) is 2.37. The van der Waals surface area contributed by atoms with Crippen LogP contribution in [0.2, 0.25) is 0 Å². The molecule has 0 radical (unpaired) electrons. The summed E-state index contributed by atoms with van der Waals surface area (Å²) in [6.45, 7) is 10.4. The summed E-state index contributed by atoms with van der Waals surface area (Å²) in [7, 11) is 0. The molecule has 0 atom stereocenters. The number of benzene rings is 1. The molecule has 0 heterocycles. The molecule has 0 fully saturated rings. The first-order chi connectivity index (χ1) is 7.54. The van der Waals surface area contributed by atoms with Gasteiger partial charge in [0.25, 0.3) is 0 Å². The molecule has 1 aromatic rings. The van der Waals surface area contributed by atoms with Crippen molar-refractivity contribution in [2.75, 3.05) is 0 Å². The number of hydrogen-bond donors (Lipinski definition) is 0. The van der Waals surface area contributed by atoms with Crippen LogP contribution in [0.5, 0.6) is 0 Å². The molecule has 0 aromatic heterocycles. The largest absolute Gasteiger partial charge is 0.113 e. The maximum Gasteiger partial charge on any atom is 0.00264 e. The second kappa shape index (κ2) is 3.81. The molecule has 0 saturated carbocycles. The lowest BCUT2D eigenvalue weighted by Gasteiger charge is -2.17. The SMILES string of the molecule is C=CC(C)=C=C1CC(C)(C)c2ccccc21. The lowest BCUT2D eigenvalue weighted by molar-refractivity contribution is 0.563. The third-order valence-electron chi connectivity index (χ3n) is 3.25. The summed E-state index contributed by atoms with van der Waals surface area (Å²) in [6.07, 6.45) is 2.93. The van der Waals surface area contributed by atoms with Crippen molar-refractivity contribution in [1.29, 1.82) is 0 Å². The molecule has 2 rings (SSSR count). The molecule has 0 unspecified atom stereocenters. The number of rotatable bonds is 1. The summed E-state index contributed by atoms with van der Waals surface area (Å²) in [5.74, 6) is 0. The highest BCUT2D eigenvalue weighted by Crippen LogP contribution is 2.44. The molecule has 1 aliphatic carbocycles. The highest BCUT2D eigenvalue weighted by Gasteiger charge is 2.32. The Labute approximate surface area is 98.0 Å². The van der Waals surface area contributed by atoms with Crippen LogP contribution in [0, 0.1) is 0 Å². The molecule has 0 aliphatic heterocycles. The standard InChI is InChI=1S/C16H18/c1-5-12(2)10-13-11-16(3,4)15-9-7-6-8-14(13)15/h5-9H,1,11H2,2-4H3. The van der Waals surface area contributed by atoms with Crippen LogP contribution in [0.3, 0.4) is 0 Å².